The van der Waals surface area contributed by atoms with Gasteiger partial charge in [-0.1, -0.05) is 5.92 Å². The molecule has 0 bridgehead atoms. The Morgan fingerprint density at radius 1 is 1.38 bits per heavy atom. The molecule has 0 spiro atoms. The van der Waals surface area contributed by atoms with Crippen LogP contribution >= 0.6 is 0 Å². The Morgan fingerprint density at radius 2 is 2.00 bits per heavy atom. The van der Waals surface area contributed by atoms with Gasteiger partial charge in [0, 0.05) is 31.0 Å². The first-order valence-corrected chi connectivity index (χ1v) is 9.94. The minimum absolute atomic E-state index is 0.118. The average Bonchev–Trinajstić information content (AvgIpc) is 2.94. The topological polar surface area (TPSA) is 92.8 Å². The van der Waals surface area contributed by atoms with Crippen molar-refractivity contribution in [2.45, 2.75) is 31.1 Å². The lowest BCUT2D eigenvalue weighted by atomic mass is 10.0. The fourth-order valence-corrected chi connectivity index (χ4v) is 3.75. The van der Waals surface area contributed by atoms with Crippen molar-refractivity contribution in [1.29, 1.82) is 0 Å². The monoisotopic (exact) mass is 378 g/mol. The van der Waals surface area contributed by atoms with Crippen LogP contribution in [0.2, 0.25) is 0 Å². The van der Waals surface area contributed by atoms with E-state index < -0.39 is 32.7 Å². The van der Waals surface area contributed by atoms with Crippen molar-refractivity contribution in [3.63, 3.8) is 0 Å². The zero-order valence-corrected chi connectivity index (χ0v) is 16.0. The largest absolute Gasteiger partial charge is 0.444 e. The predicted octanol–water partition coefficient (Wildman–Crippen LogP) is 1.32. The van der Waals surface area contributed by atoms with E-state index in [-0.39, 0.29) is 13.0 Å². The molecule has 1 aliphatic heterocycles. The molecule has 1 aliphatic rings. The van der Waals surface area contributed by atoms with E-state index in [1.54, 1.807) is 31.2 Å². The molecule has 7 nitrogen and oxygen atoms in total. The molecule has 0 radical (unpaired) electrons. The number of nitrogens with one attached hydrogen (secondary N) is 1. The maximum absolute atomic E-state index is 12.2. The number of ether oxygens (including phenoxy) is 1. The highest BCUT2D eigenvalue weighted by molar-refractivity contribution is 7.92. The Kier molecular flexibility index (Phi) is 5.62. The summed E-state index contributed by atoms with van der Waals surface area (Å²) in [4.78, 5) is 25.8. The lowest BCUT2D eigenvalue weighted by Crippen LogP contribution is -2.51. The molecule has 26 heavy (non-hydrogen) atoms. The lowest BCUT2D eigenvalue weighted by Gasteiger charge is -2.27. The first-order valence-electron chi connectivity index (χ1n) is 8.05. The highest BCUT2D eigenvalue weighted by atomic mass is 32.2. The average molecular weight is 378 g/mol. The van der Waals surface area contributed by atoms with E-state index in [1.165, 1.54) is 18.9 Å². The van der Waals surface area contributed by atoms with Crippen molar-refractivity contribution in [1.82, 2.24) is 5.32 Å². The van der Waals surface area contributed by atoms with Crippen LogP contribution in [0.5, 0.6) is 0 Å². The van der Waals surface area contributed by atoms with Crippen LogP contribution in [0.25, 0.3) is 0 Å². The van der Waals surface area contributed by atoms with Gasteiger partial charge in [-0.2, -0.15) is 0 Å². The van der Waals surface area contributed by atoms with E-state index >= 15 is 0 Å². The SMILES string of the molecule is CC#Cc1ccc(N2C[C@H](C[C@](C)(C(=O)NC)S(C)(=O)=O)OC2=O)cc1. The summed E-state index contributed by atoms with van der Waals surface area (Å²) in [5.41, 5.74) is 1.45. The molecular formula is C18H22N2O5S. The fourth-order valence-electron chi connectivity index (χ4n) is 2.82. The van der Waals surface area contributed by atoms with Gasteiger partial charge in [0.25, 0.3) is 0 Å². The van der Waals surface area contributed by atoms with E-state index in [2.05, 4.69) is 17.2 Å². The lowest BCUT2D eigenvalue weighted by molar-refractivity contribution is -0.123. The molecule has 0 aliphatic carbocycles. The van der Waals surface area contributed by atoms with E-state index in [4.69, 9.17) is 4.74 Å². The molecule has 1 aromatic rings. The van der Waals surface area contributed by atoms with Crippen molar-refractivity contribution in [2.75, 3.05) is 24.7 Å². The summed E-state index contributed by atoms with van der Waals surface area (Å²) in [6.45, 7) is 3.25. The molecule has 140 valence electrons. The second-order valence-electron chi connectivity index (χ2n) is 6.32. The van der Waals surface area contributed by atoms with Gasteiger partial charge in [-0.15, -0.1) is 5.92 Å². The number of hydrogen-bond acceptors (Lipinski definition) is 5. The smallest absolute Gasteiger partial charge is 0.414 e. The van der Waals surface area contributed by atoms with E-state index in [1.807, 2.05) is 0 Å². The van der Waals surface area contributed by atoms with Crippen molar-refractivity contribution in [2.24, 2.45) is 0 Å². The zero-order valence-electron chi connectivity index (χ0n) is 15.2. The number of carbonyl (C=O) groups is 2. The number of amides is 2. The first-order chi connectivity index (χ1) is 12.1. The number of benzene rings is 1. The second-order valence-corrected chi connectivity index (χ2v) is 8.77. The fraction of sp³-hybridized carbons (Fsp3) is 0.444. The molecule has 0 unspecified atom stereocenters. The van der Waals surface area contributed by atoms with Crippen LogP contribution in [0.1, 0.15) is 25.8 Å². The molecule has 1 N–H and O–H groups in total. The van der Waals surface area contributed by atoms with Crippen LogP contribution in [-0.4, -0.2) is 51.1 Å². The van der Waals surface area contributed by atoms with Crippen LogP contribution < -0.4 is 10.2 Å². The minimum atomic E-state index is -3.71. The molecule has 1 aromatic carbocycles. The minimum Gasteiger partial charge on any atom is -0.444 e. The quantitative estimate of drug-likeness (QED) is 0.780. The summed E-state index contributed by atoms with van der Waals surface area (Å²) < 4.78 is 27.9. The first kappa shape index (κ1) is 19.8. The second kappa shape index (κ2) is 7.38. The van der Waals surface area contributed by atoms with Gasteiger partial charge in [-0.25, -0.2) is 13.2 Å². The third kappa shape index (κ3) is 3.83. The summed E-state index contributed by atoms with van der Waals surface area (Å²) >= 11 is 0. The molecule has 1 fully saturated rings. The van der Waals surface area contributed by atoms with Gasteiger partial charge in [0.15, 0.2) is 14.6 Å². The van der Waals surface area contributed by atoms with Crippen LogP contribution in [0.4, 0.5) is 10.5 Å². The van der Waals surface area contributed by atoms with Crippen LogP contribution in [0, 0.1) is 11.8 Å². The molecule has 8 heteroatoms. The van der Waals surface area contributed by atoms with Crippen LogP contribution in [-0.2, 0) is 19.4 Å². The summed E-state index contributed by atoms with van der Waals surface area (Å²) in [6, 6.07) is 7.07. The van der Waals surface area contributed by atoms with E-state index in [0.717, 1.165) is 11.8 Å². The number of cyclic esters (lactones) is 1. The highest BCUT2D eigenvalue weighted by Gasteiger charge is 2.47. The molecule has 2 atom stereocenters. The summed E-state index contributed by atoms with van der Waals surface area (Å²) in [5.74, 6) is 5.08. The Hall–Kier alpha value is -2.53. The van der Waals surface area contributed by atoms with Crippen LogP contribution in [0.15, 0.2) is 24.3 Å². The third-order valence-electron chi connectivity index (χ3n) is 4.47. The number of sulfone groups is 1. The Morgan fingerprint density at radius 3 is 2.50 bits per heavy atom. The maximum Gasteiger partial charge on any atom is 0.414 e. The van der Waals surface area contributed by atoms with E-state index in [9.17, 15) is 18.0 Å². The molecule has 1 heterocycles. The Bertz CT molecular complexity index is 867. The summed E-state index contributed by atoms with van der Waals surface area (Å²) in [5, 5.41) is 2.37. The normalized spacial score (nSPS) is 19.2. The molecule has 2 rings (SSSR count). The number of hydrogen-bond donors (Lipinski definition) is 1. The van der Waals surface area contributed by atoms with Crippen molar-refractivity contribution in [3.8, 4) is 11.8 Å². The summed E-state index contributed by atoms with van der Waals surface area (Å²) in [7, 11) is -2.34. The van der Waals surface area contributed by atoms with Gasteiger partial charge < -0.3 is 10.1 Å². The number of nitrogens with zero attached hydrogens (tertiary/aromatic N) is 1. The van der Waals surface area contributed by atoms with Gasteiger partial charge in [-0.05, 0) is 38.1 Å². The third-order valence-corrected chi connectivity index (χ3v) is 6.45. The molecule has 0 aromatic heterocycles. The zero-order chi connectivity index (χ0) is 19.5. The standard InChI is InChI=1S/C18H22N2O5S/c1-5-6-13-7-9-14(10-8-13)20-12-15(25-17(20)22)11-18(2,16(21)19-3)26(4,23)24/h7-10,15H,11-12H2,1-4H3,(H,19,21)/t15-,18+/m0/s1. The molecule has 0 saturated carbocycles. The molecule has 1 saturated heterocycles. The van der Waals surface area contributed by atoms with Crippen LogP contribution in [0.3, 0.4) is 0 Å². The predicted molar refractivity (Wildman–Crippen MR) is 98.5 cm³/mol. The van der Waals surface area contributed by atoms with Gasteiger partial charge >= 0.3 is 6.09 Å². The van der Waals surface area contributed by atoms with Gasteiger partial charge in [0.05, 0.1) is 6.54 Å². The number of carbonyl (C=O) groups excluding carboxylic acids is 2. The van der Waals surface area contributed by atoms with Gasteiger partial charge in [0.1, 0.15) is 6.10 Å². The molecular weight excluding hydrogens is 356 g/mol. The van der Waals surface area contributed by atoms with Crippen molar-refractivity contribution in [3.05, 3.63) is 29.8 Å². The maximum atomic E-state index is 12.2. The van der Waals surface area contributed by atoms with Gasteiger partial charge in [-0.3, -0.25) is 9.69 Å². The Labute approximate surface area is 153 Å². The summed E-state index contributed by atoms with van der Waals surface area (Å²) in [6.07, 6.45) is -0.399. The number of rotatable bonds is 5. The Balaban J connectivity index is 2.20. The van der Waals surface area contributed by atoms with Crippen molar-refractivity contribution >= 4 is 27.5 Å². The van der Waals surface area contributed by atoms with E-state index in [0.29, 0.717) is 5.69 Å². The van der Waals surface area contributed by atoms with Crippen molar-refractivity contribution < 1.29 is 22.7 Å². The highest BCUT2D eigenvalue weighted by Crippen LogP contribution is 2.30. The van der Waals surface area contributed by atoms with Gasteiger partial charge in [0.2, 0.25) is 5.91 Å². The number of anilines is 1. The molecule has 2 amide bonds.